The molecule has 84 valence electrons. The van der Waals surface area contributed by atoms with Gasteiger partial charge in [-0.05, 0) is 29.4 Å². The molecule has 0 radical (unpaired) electrons. The SMILES string of the molecule is O=N/C(=N\Nc1ccccc1)c1cccnc1. The number of hydrogen-bond donors (Lipinski definition) is 1. The molecule has 0 aliphatic carbocycles. The van der Waals surface area contributed by atoms with E-state index in [0.717, 1.165) is 5.69 Å². The summed E-state index contributed by atoms with van der Waals surface area (Å²) in [5, 5.41) is 6.80. The molecule has 1 aromatic heterocycles. The molecule has 5 heteroatoms. The number of para-hydroxylation sites is 1. The van der Waals surface area contributed by atoms with Gasteiger partial charge in [0, 0.05) is 18.0 Å². The van der Waals surface area contributed by atoms with Crippen molar-refractivity contribution in [3.05, 3.63) is 65.3 Å². The van der Waals surface area contributed by atoms with E-state index in [2.05, 4.69) is 20.7 Å². The number of anilines is 1. The van der Waals surface area contributed by atoms with Gasteiger partial charge in [-0.3, -0.25) is 10.4 Å². The number of benzene rings is 1. The number of hydrogen-bond acceptors (Lipinski definition) is 4. The van der Waals surface area contributed by atoms with Crippen LogP contribution in [-0.4, -0.2) is 10.8 Å². The summed E-state index contributed by atoms with van der Waals surface area (Å²) in [6, 6.07) is 12.8. The van der Waals surface area contributed by atoms with Gasteiger partial charge in [0.1, 0.15) is 0 Å². The molecule has 1 aromatic carbocycles. The molecule has 0 saturated heterocycles. The lowest BCUT2D eigenvalue weighted by Crippen LogP contribution is -2.01. The molecule has 0 unspecified atom stereocenters. The van der Waals surface area contributed by atoms with Crippen LogP contribution >= 0.6 is 0 Å². The first-order valence-electron chi connectivity index (χ1n) is 5.02. The number of nitroso groups, excluding NO2 is 1. The molecule has 2 rings (SSSR count). The maximum Gasteiger partial charge on any atom is 0.224 e. The minimum atomic E-state index is 0.0713. The molecule has 1 N–H and O–H groups in total. The van der Waals surface area contributed by atoms with Gasteiger partial charge in [-0.2, -0.15) is 5.10 Å². The molecule has 0 spiro atoms. The quantitative estimate of drug-likeness (QED) is 0.378. The van der Waals surface area contributed by atoms with Crippen LogP contribution < -0.4 is 5.43 Å². The highest BCUT2D eigenvalue weighted by molar-refractivity contribution is 5.99. The zero-order valence-electron chi connectivity index (χ0n) is 8.95. The molecule has 1 heterocycles. The van der Waals surface area contributed by atoms with Crippen LogP contribution in [0, 0.1) is 4.91 Å². The number of aromatic nitrogens is 1. The second kappa shape index (κ2) is 5.50. The predicted molar refractivity (Wildman–Crippen MR) is 66.6 cm³/mol. The summed E-state index contributed by atoms with van der Waals surface area (Å²) >= 11 is 0. The average molecular weight is 226 g/mol. The summed E-state index contributed by atoms with van der Waals surface area (Å²) in [7, 11) is 0. The summed E-state index contributed by atoms with van der Waals surface area (Å²) in [5.41, 5.74) is 4.12. The van der Waals surface area contributed by atoms with Gasteiger partial charge in [0.15, 0.2) is 0 Å². The van der Waals surface area contributed by atoms with Crippen LogP contribution in [0.15, 0.2) is 65.1 Å². The first kappa shape index (κ1) is 10.9. The molecule has 2 aromatic rings. The maximum atomic E-state index is 10.7. The molecular weight excluding hydrogens is 216 g/mol. The Morgan fingerprint density at radius 2 is 1.94 bits per heavy atom. The molecule has 17 heavy (non-hydrogen) atoms. The predicted octanol–water partition coefficient (Wildman–Crippen LogP) is 2.62. The fourth-order valence-electron chi connectivity index (χ4n) is 1.26. The van der Waals surface area contributed by atoms with Crippen molar-refractivity contribution in [1.82, 2.24) is 4.98 Å². The third-order valence-corrected chi connectivity index (χ3v) is 2.07. The van der Waals surface area contributed by atoms with Crippen molar-refractivity contribution in [2.75, 3.05) is 5.43 Å². The lowest BCUT2D eigenvalue weighted by atomic mass is 10.3. The van der Waals surface area contributed by atoms with E-state index in [1.165, 1.54) is 6.20 Å². The summed E-state index contributed by atoms with van der Waals surface area (Å²) in [5.74, 6) is 0.0713. The van der Waals surface area contributed by atoms with Crippen LogP contribution in [0.2, 0.25) is 0 Å². The highest BCUT2D eigenvalue weighted by Gasteiger charge is 2.02. The third-order valence-electron chi connectivity index (χ3n) is 2.07. The first-order chi connectivity index (χ1) is 8.40. The Morgan fingerprint density at radius 1 is 1.12 bits per heavy atom. The number of amidine groups is 1. The highest BCUT2D eigenvalue weighted by atomic mass is 16.3. The van der Waals surface area contributed by atoms with Crippen molar-refractivity contribution >= 4 is 11.5 Å². The molecule has 5 nitrogen and oxygen atoms in total. The van der Waals surface area contributed by atoms with Crippen LogP contribution in [0.4, 0.5) is 5.69 Å². The van der Waals surface area contributed by atoms with E-state index in [1.54, 1.807) is 18.3 Å². The molecule has 0 amide bonds. The Morgan fingerprint density at radius 3 is 2.59 bits per heavy atom. The van der Waals surface area contributed by atoms with Crippen molar-refractivity contribution in [1.29, 1.82) is 0 Å². The second-order valence-corrected chi connectivity index (χ2v) is 3.25. The largest absolute Gasteiger partial charge is 0.276 e. The number of pyridine rings is 1. The van der Waals surface area contributed by atoms with E-state index in [1.807, 2.05) is 30.3 Å². The molecule has 0 aliphatic rings. The zero-order valence-corrected chi connectivity index (χ0v) is 8.95. The summed E-state index contributed by atoms with van der Waals surface area (Å²) in [6.45, 7) is 0. The molecule has 0 fully saturated rings. The van der Waals surface area contributed by atoms with Crippen LogP contribution in [0.25, 0.3) is 0 Å². The van der Waals surface area contributed by atoms with E-state index in [-0.39, 0.29) is 5.84 Å². The van der Waals surface area contributed by atoms with E-state index in [9.17, 15) is 4.91 Å². The highest BCUT2D eigenvalue weighted by Crippen LogP contribution is 2.06. The monoisotopic (exact) mass is 226 g/mol. The van der Waals surface area contributed by atoms with Crippen molar-refractivity contribution in [2.45, 2.75) is 0 Å². The van der Waals surface area contributed by atoms with E-state index in [4.69, 9.17) is 0 Å². The van der Waals surface area contributed by atoms with Crippen molar-refractivity contribution in [2.24, 2.45) is 10.3 Å². The average Bonchev–Trinajstić information content (AvgIpc) is 2.42. The van der Waals surface area contributed by atoms with Crippen molar-refractivity contribution in [3.63, 3.8) is 0 Å². The number of nitrogens with zero attached hydrogens (tertiary/aromatic N) is 3. The Bertz CT molecular complexity index is 511. The van der Waals surface area contributed by atoms with Gasteiger partial charge in [0.25, 0.3) is 0 Å². The van der Waals surface area contributed by atoms with E-state index < -0.39 is 0 Å². The smallest absolute Gasteiger partial charge is 0.224 e. The number of nitrogens with one attached hydrogen (secondary N) is 1. The third kappa shape index (κ3) is 2.94. The zero-order chi connectivity index (χ0) is 11.9. The van der Waals surface area contributed by atoms with Gasteiger partial charge in [0.05, 0.1) is 5.69 Å². The summed E-state index contributed by atoms with van der Waals surface area (Å²) in [4.78, 5) is 14.6. The van der Waals surface area contributed by atoms with Gasteiger partial charge in [-0.25, -0.2) is 0 Å². The van der Waals surface area contributed by atoms with Gasteiger partial charge in [-0.1, -0.05) is 18.2 Å². The topological polar surface area (TPSA) is 66.7 Å². The lowest BCUT2D eigenvalue weighted by molar-refractivity contribution is 1.27. The standard InChI is InChI=1S/C12H10N4O/c17-16-12(10-5-4-8-13-9-10)15-14-11-6-2-1-3-7-11/h1-9,14H/b15-12-. The Hall–Kier alpha value is -2.56. The Kier molecular flexibility index (Phi) is 3.54. The Balaban J connectivity index is 2.17. The maximum absolute atomic E-state index is 10.7. The fraction of sp³-hybridized carbons (Fsp3) is 0. The van der Waals surface area contributed by atoms with Crippen LogP contribution in [0.1, 0.15) is 5.56 Å². The van der Waals surface area contributed by atoms with Crippen LogP contribution in [0.5, 0.6) is 0 Å². The second-order valence-electron chi connectivity index (χ2n) is 3.25. The van der Waals surface area contributed by atoms with Gasteiger partial charge in [-0.15, -0.1) is 4.91 Å². The molecule has 0 saturated carbocycles. The van der Waals surface area contributed by atoms with Crippen LogP contribution in [0.3, 0.4) is 0 Å². The van der Waals surface area contributed by atoms with Gasteiger partial charge < -0.3 is 0 Å². The van der Waals surface area contributed by atoms with Crippen LogP contribution in [-0.2, 0) is 0 Å². The van der Waals surface area contributed by atoms with Crippen molar-refractivity contribution < 1.29 is 0 Å². The number of hydrazone groups is 1. The molecule has 0 aliphatic heterocycles. The van der Waals surface area contributed by atoms with Crippen molar-refractivity contribution in [3.8, 4) is 0 Å². The lowest BCUT2D eigenvalue weighted by Gasteiger charge is -2.00. The fourth-order valence-corrected chi connectivity index (χ4v) is 1.26. The minimum Gasteiger partial charge on any atom is -0.276 e. The van der Waals surface area contributed by atoms with Gasteiger partial charge >= 0.3 is 0 Å². The van der Waals surface area contributed by atoms with Gasteiger partial charge in [0.2, 0.25) is 5.84 Å². The first-order valence-corrected chi connectivity index (χ1v) is 5.02. The van der Waals surface area contributed by atoms with E-state index in [0.29, 0.717) is 5.56 Å². The minimum absolute atomic E-state index is 0.0713. The normalized spacial score (nSPS) is 10.9. The Labute approximate surface area is 98.2 Å². The van der Waals surface area contributed by atoms with E-state index >= 15 is 0 Å². The summed E-state index contributed by atoms with van der Waals surface area (Å²) < 4.78 is 0. The molecule has 0 atom stereocenters. The molecular formula is C12H10N4O. The molecule has 0 bridgehead atoms. The number of rotatable bonds is 3. The summed E-state index contributed by atoms with van der Waals surface area (Å²) in [6.07, 6.45) is 3.16.